The Kier molecular flexibility index (Phi) is 4.56. The Hall–Kier alpha value is -0.400. The van der Waals surface area contributed by atoms with Crippen molar-refractivity contribution >= 4 is 23.2 Å². The first-order valence-electron chi connectivity index (χ1n) is 4.79. The minimum Gasteiger partial charge on any atom is -0.487 e. The van der Waals surface area contributed by atoms with E-state index in [4.69, 9.17) is 27.9 Å². The molecule has 0 heterocycles. The number of rotatable bonds is 4. The van der Waals surface area contributed by atoms with Crippen LogP contribution in [0.3, 0.4) is 0 Å². The minimum absolute atomic E-state index is 0.187. The zero-order valence-corrected chi connectivity index (χ0v) is 9.90. The van der Waals surface area contributed by atoms with Gasteiger partial charge in [0.1, 0.15) is 0 Å². The zero-order valence-electron chi connectivity index (χ0n) is 8.39. The summed E-state index contributed by atoms with van der Waals surface area (Å²) in [5.74, 6) is 0.601. The largest absolute Gasteiger partial charge is 0.487 e. The maximum Gasteiger partial charge on any atom is 0.156 e. The van der Waals surface area contributed by atoms with E-state index in [1.165, 1.54) is 0 Å². The number of ether oxygens (including phenoxy) is 1. The van der Waals surface area contributed by atoms with Crippen molar-refractivity contribution < 1.29 is 4.74 Å². The highest BCUT2D eigenvalue weighted by molar-refractivity contribution is 6.37. The lowest BCUT2D eigenvalue weighted by Gasteiger charge is -2.17. The predicted octanol–water partition coefficient (Wildman–Crippen LogP) is 4.56. The number of halogens is 2. The van der Waals surface area contributed by atoms with E-state index in [1.54, 1.807) is 12.1 Å². The van der Waals surface area contributed by atoms with Gasteiger partial charge in [-0.05, 0) is 25.0 Å². The first kappa shape index (κ1) is 11.7. The molecule has 0 saturated heterocycles. The van der Waals surface area contributed by atoms with Gasteiger partial charge in [0.2, 0.25) is 0 Å². The van der Waals surface area contributed by atoms with E-state index in [1.807, 2.05) is 6.07 Å². The van der Waals surface area contributed by atoms with Crippen LogP contribution >= 0.6 is 23.2 Å². The molecule has 0 atom stereocenters. The molecule has 0 spiro atoms. The second-order valence-corrected chi connectivity index (χ2v) is 3.92. The molecule has 1 aromatic carbocycles. The second kappa shape index (κ2) is 5.47. The van der Waals surface area contributed by atoms with Crippen molar-refractivity contribution in [3.63, 3.8) is 0 Å². The van der Waals surface area contributed by atoms with Crippen LogP contribution in [0.1, 0.15) is 26.7 Å². The normalized spacial score (nSPS) is 10.6. The van der Waals surface area contributed by atoms with Gasteiger partial charge < -0.3 is 4.74 Å². The van der Waals surface area contributed by atoms with Crippen LogP contribution in [0.5, 0.6) is 5.75 Å². The van der Waals surface area contributed by atoms with Crippen LogP contribution in [-0.4, -0.2) is 6.10 Å². The van der Waals surface area contributed by atoms with Crippen LogP contribution in [-0.2, 0) is 0 Å². The molecule has 3 heteroatoms. The lowest BCUT2D eigenvalue weighted by atomic mass is 10.2. The third-order valence-electron chi connectivity index (χ3n) is 2.11. The molecular formula is C11H14Cl2O. The molecule has 0 N–H and O–H groups in total. The Morgan fingerprint density at radius 3 is 2.07 bits per heavy atom. The fraction of sp³-hybridized carbons (Fsp3) is 0.455. The summed E-state index contributed by atoms with van der Waals surface area (Å²) in [5.41, 5.74) is 0. The summed E-state index contributed by atoms with van der Waals surface area (Å²) in [6.07, 6.45) is 2.10. The first-order valence-corrected chi connectivity index (χ1v) is 5.55. The highest BCUT2D eigenvalue weighted by Crippen LogP contribution is 2.33. The monoisotopic (exact) mass is 232 g/mol. The van der Waals surface area contributed by atoms with E-state index in [9.17, 15) is 0 Å². The van der Waals surface area contributed by atoms with Gasteiger partial charge in [0.25, 0.3) is 0 Å². The average molecular weight is 233 g/mol. The average Bonchev–Trinajstić information content (AvgIpc) is 2.18. The quantitative estimate of drug-likeness (QED) is 0.740. The first-order chi connectivity index (χ1) is 6.69. The van der Waals surface area contributed by atoms with Gasteiger partial charge in [-0.1, -0.05) is 43.1 Å². The number of hydrogen-bond acceptors (Lipinski definition) is 1. The molecular weight excluding hydrogens is 219 g/mol. The summed E-state index contributed by atoms with van der Waals surface area (Å²) in [4.78, 5) is 0. The second-order valence-electron chi connectivity index (χ2n) is 3.11. The molecule has 0 aliphatic heterocycles. The Morgan fingerprint density at radius 1 is 1.14 bits per heavy atom. The number of para-hydroxylation sites is 1. The highest BCUT2D eigenvalue weighted by Gasteiger charge is 2.11. The smallest absolute Gasteiger partial charge is 0.156 e. The maximum atomic E-state index is 5.98. The Bertz CT molecular complexity index is 275. The van der Waals surface area contributed by atoms with Crippen molar-refractivity contribution in [3.8, 4) is 5.75 Å². The lowest BCUT2D eigenvalue weighted by Crippen LogP contribution is -2.14. The van der Waals surface area contributed by atoms with Gasteiger partial charge in [-0.3, -0.25) is 0 Å². The van der Waals surface area contributed by atoms with Crippen LogP contribution in [0.25, 0.3) is 0 Å². The molecule has 0 bridgehead atoms. The van der Waals surface area contributed by atoms with E-state index in [0.29, 0.717) is 15.8 Å². The van der Waals surface area contributed by atoms with Crippen molar-refractivity contribution in [2.24, 2.45) is 0 Å². The van der Waals surface area contributed by atoms with Crippen molar-refractivity contribution in [2.45, 2.75) is 32.8 Å². The van der Waals surface area contributed by atoms with Crippen LogP contribution < -0.4 is 4.74 Å². The third-order valence-corrected chi connectivity index (χ3v) is 2.71. The van der Waals surface area contributed by atoms with E-state index in [2.05, 4.69) is 13.8 Å². The molecule has 0 aliphatic rings. The van der Waals surface area contributed by atoms with Gasteiger partial charge in [-0.15, -0.1) is 0 Å². The fourth-order valence-electron chi connectivity index (χ4n) is 1.22. The molecule has 0 aliphatic carbocycles. The Balaban J connectivity index is 2.84. The Morgan fingerprint density at radius 2 is 1.64 bits per heavy atom. The van der Waals surface area contributed by atoms with Crippen LogP contribution in [0.2, 0.25) is 10.0 Å². The molecule has 1 rings (SSSR count). The molecule has 0 amide bonds. The maximum absolute atomic E-state index is 5.98. The number of hydrogen-bond donors (Lipinski definition) is 0. The summed E-state index contributed by atoms with van der Waals surface area (Å²) in [6.45, 7) is 4.16. The molecule has 0 unspecified atom stereocenters. The van der Waals surface area contributed by atoms with Crippen LogP contribution in [0.4, 0.5) is 0 Å². The zero-order chi connectivity index (χ0) is 10.6. The van der Waals surface area contributed by atoms with Crippen molar-refractivity contribution in [1.29, 1.82) is 0 Å². The van der Waals surface area contributed by atoms with Crippen molar-refractivity contribution in [2.75, 3.05) is 0 Å². The molecule has 1 nitrogen and oxygen atoms in total. The SMILES string of the molecule is CCC(CC)Oc1c(Cl)cccc1Cl. The van der Waals surface area contributed by atoms with Gasteiger partial charge in [0.15, 0.2) is 5.75 Å². The van der Waals surface area contributed by atoms with Gasteiger partial charge in [-0.2, -0.15) is 0 Å². The van der Waals surface area contributed by atoms with Gasteiger partial charge in [0, 0.05) is 0 Å². The molecule has 78 valence electrons. The molecule has 14 heavy (non-hydrogen) atoms. The standard InChI is InChI=1S/C11H14Cl2O/c1-3-8(4-2)14-11-9(12)6-5-7-10(11)13/h5-8H,3-4H2,1-2H3. The Labute approximate surface area is 95.0 Å². The van der Waals surface area contributed by atoms with Crippen molar-refractivity contribution in [1.82, 2.24) is 0 Å². The van der Waals surface area contributed by atoms with Crippen molar-refractivity contribution in [3.05, 3.63) is 28.2 Å². The summed E-state index contributed by atoms with van der Waals surface area (Å²) in [6, 6.07) is 5.38. The molecule has 0 saturated carbocycles. The molecule has 0 fully saturated rings. The van der Waals surface area contributed by atoms with E-state index >= 15 is 0 Å². The highest BCUT2D eigenvalue weighted by atomic mass is 35.5. The van der Waals surface area contributed by atoms with Gasteiger partial charge in [0.05, 0.1) is 16.1 Å². The van der Waals surface area contributed by atoms with E-state index in [0.717, 1.165) is 12.8 Å². The lowest BCUT2D eigenvalue weighted by molar-refractivity contribution is 0.193. The summed E-state index contributed by atoms with van der Waals surface area (Å²) < 4.78 is 5.71. The predicted molar refractivity (Wildman–Crippen MR) is 61.5 cm³/mol. The van der Waals surface area contributed by atoms with E-state index in [-0.39, 0.29) is 6.10 Å². The van der Waals surface area contributed by atoms with Gasteiger partial charge >= 0.3 is 0 Å². The van der Waals surface area contributed by atoms with Crippen LogP contribution in [0, 0.1) is 0 Å². The number of benzene rings is 1. The summed E-state index contributed by atoms with van der Waals surface area (Å²) in [5, 5.41) is 1.15. The third kappa shape index (κ3) is 2.79. The molecule has 1 aromatic rings. The molecule has 0 radical (unpaired) electrons. The fourth-order valence-corrected chi connectivity index (χ4v) is 1.70. The van der Waals surface area contributed by atoms with E-state index < -0.39 is 0 Å². The topological polar surface area (TPSA) is 9.23 Å². The minimum atomic E-state index is 0.187. The van der Waals surface area contributed by atoms with Gasteiger partial charge in [-0.25, -0.2) is 0 Å². The summed E-state index contributed by atoms with van der Waals surface area (Å²) in [7, 11) is 0. The molecule has 0 aromatic heterocycles. The summed E-state index contributed by atoms with van der Waals surface area (Å²) >= 11 is 12.0. The van der Waals surface area contributed by atoms with Crippen LogP contribution in [0.15, 0.2) is 18.2 Å².